The van der Waals surface area contributed by atoms with Crippen molar-refractivity contribution in [3.8, 4) is 11.1 Å². The maximum atomic E-state index is 12.8. The molecule has 0 aliphatic carbocycles. The van der Waals surface area contributed by atoms with Gasteiger partial charge in [-0.2, -0.15) is 0 Å². The van der Waals surface area contributed by atoms with Gasteiger partial charge in [0.15, 0.2) is 0 Å². The average molecular weight is 341 g/mol. The molecule has 0 saturated carbocycles. The number of hydrogen-bond donors (Lipinski definition) is 2. The van der Waals surface area contributed by atoms with Crippen LogP contribution in [0.25, 0.3) is 11.1 Å². The molecule has 3 N–H and O–H groups in total. The zero-order valence-electron chi connectivity index (χ0n) is 15.5. The van der Waals surface area contributed by atoms with E-state index in [4.69, 9.17) is 10.3 Å². The van der Waals surface area contributed by atoms with Crippen LogP contribution in [-0.2, 0) is 10.3 Å². The SMILES string of the molecule is CCCCC(CC)C1(N)C(=O)Nc2ccc(-c3c(C)noc3C)cc21. The van der Waals surface area contributed by atoms with E-state index in [0.717, 1.165) is 59.5 Å². The summed E-state index contributed by atoms with van der Waals surface area (Å²) in [6.07, 6.45) is 3.99. The topological polar surface area (TPSA) is 81.2 Å². The molecule has 2 atom stereocenters. The number of nitrogens with one attached hydrogen (secondary N) is 1. The first-order valence-electron chi connectivity index (χ1n) is 9.11. The van der Waals surface area contributed by atoms with Crippen LogP contribution in [0, 0.1) is 19.8 Å². The third-order valence-corrected chi connectivity index (χ3v) is 5.45. The van der Waals surface area contributed by atoms with Crippen molar-refractivity contribution < 1.29 is 9.32 Å². The first-order valence-corrected chi connectivity index (χ1v) is 9.11. The second-order valence-electron chi connectivity index (χ2n) is 7.03. The Morgan fingerprint density at radius 1 is 1.32 bits per heavy atom. The number of carbonyl (C=O) groups is 1. The van der Waals surface area contributed by atoms with Crippen LogP contribution in [0.4, 0.5) is 5.69 Å². The lowest BCUT2D eigenvalue weighted by molar-refractivity contribution is -0.122. The third-order valence-electron chi connectivity index (χ3n) is 5.45. The van der Waals surface area contributed by atoms with Crippen LogP contribution in [0.3, 0.4) is 0 Å². The zero-order valence-corrected chi connectivity index (χ0v) is 15.5. The van der Waals surface area contributed by atoms with Crippen molar-refractivity contribution in [3.05, 3.63) is 35.2 Å². The molecule has 1 aromatic heterocycles. The maximum Gasteiger partial charge on any atom is 0.249 e. The first kappa shape index (κ1) is 17.7. The number of nitrogens with zero attached hydrogens (tertiary/aromatic N) is 1. The molecule has 0 bridgehead atoms. The number of aryl methyl sites for hydroxylation is 2. The van der Waals surface area contributed by atoms with Gasteiger partial charge in [-0.05, 0) is 43.9 Å². The summed E-state index contributed by atoms with van der Waals surface area (Å²) in [5.74, 6) is 0.797. The van der Waals surface area contributed by atoms with Gasteiger partial charge in [0.05, 0.1) is 5.69 Å². The lowest BCUT2D eigenvalue weighted by Gasteiger charge is -2.32. The summed E-state index contributed by atoms with van der Waals surface area (Å²) >= 11 is 0. The molecule has 0 radical (unpaired) electrons. The minimum Gasteiger partial charge on any atom is -0.361 e. The number of rotatable bonds is 6. The number of unbranched alkanes of at least 4 members (excludes halogenated alkanes) is 1. The Kier molecular flexibility index (Phi) is 4.69. The van der Waals surface area contributed by atoms with Gasteiger partial charge in [-0.3, -0.25) is 4.79 Å². The van der Waals surface area contributed by atoms with Crippen molar-refractivity contribution in [2.75, 3.05) is 5.32 Å². The lowest BCUT2D eigenvalue weighted by Crippen LogP contribution is -2.49. The molecule has 0 saturated heterocycles. The number of aromatic nitrogens is 1. The van der Waals surface area contributed by atoms with E-state index < -0.39 is 5.54 Å². The second kappa shape index (κ2) is 6.64. The van der Waals surface area contributed by atoms with Gasteiger partial charge in [0.25, 0.3) is 0 Å². The third kappa shape index (κ3) is 2.76. The van der Waals surface area contributed by atoms with Crippen LogP contribution in [0.1, 0.15) is 56.5 Å². The fourth-order valence-corrected chi connectivity index (χ4v) is 4.00. The van der Waals surface area contributed by atoms with Crippen molar-refractivity contribution in [2.24, 2.45) is 11.7 Å². The average Bonchev–Trinajstić information content (AvgIpc) is 3.06. The predicted octanol–water partition coefficient (Wildman–Crippen LogP) is 4.28. The molecule has 3 rings (SSSR count). The Bertz CT molecular complexity index is 777. The zero-order chi connectivity index (χ0) is 18.2. The number of benzene rings is 1. The molecule has 25 heavy (non-hydrogen) atoms. The highest BCUT2D eigenvalue weighted by atomic mass is 16.5. The monoisotopic (exact) mass is 341 g/mol. The summed E-state index contributed by atoms with van der Waals surface area (Å²) in [5.41, 5.74) is 10.3. The number of hydrogen-bond acceptors (Lipinski definition) is 4. The number of fused-ring (bicyclic) bond motifs is 1. The Balaban J connectivity index is 2.09. The van der Waals surface area contributed by atoms with E-state index in [1.807, 2.05) is 32.0 Å². The van der Waals surface area contributed by atoms with Crippen LogP contribution in [-0.4, -0.2) is 11.1 Å². The number of carbonyl (C=O) groups excluding carboxylic acids is 1. The van der Waals surface area contributed by atoms with E-state index in [1.54, 1.807) is 0 Å². The quantitative estimate of drug-likeness (QED) is 0.821. The Morgan fingerprint density at radius 2 is 2.08 bits per heavy atom. The summed E-state index contributed by atoms with van der Waals surface area (Å²) < 4.78 is 5.30. The van der Waals surface area contributed by atoms with Gasteiger partial charge >= 0.3 is 0 Å². The van der Waals surface area contributed by atoms with Crippen LogP contribution in [0.5, 0.6) is 0 Å². The molecule has 134 valence electrons. The van der Waals surface area contributed by atoms with Gasteiger partial charge in [0, 0.05) is 16.8 Å². The first-order chi connectivity index (χ1) is 11.9. The van der Waals surface area contributed by atoms with Crippen molar-refractivity contribution in [1.82, 2.24) is 5.16 Å². The molecule has 5 nitrogen and oxygen atoms in total. The van der Waals surface area contributed by atoms with E-state index in [2.05, 4.69) is 24.3 Å². The Labute approximate surface area is 149 Å². The van der Waals surface area contributed by atoms with Gasteiger partial charge in [-0.15, -0.1) is 0 Å². The van der Waals surface area contributed by atoms with E-state index in [1.165, 1.54) is 0 Å². The molecule has 0 spiro atoms. The van der Waals surface area contributed by atoms with E-state index in [-0.39, 0.29) is 11.8 Å². The fourth-order valence-electron chi connectivity index (χ4n) is 4.00. The Hall–Kier alpha value is -2.14. The van der Waals surface area contributed by atoms with Crippen molar-refractivity contribution in [1.29, 1.82) is 0 Å². The molecule has 0 fully saturated rings. The molecular formula is C20H27N3O2. The molecule has 1 aromatic carbocycles. The van der Waals surface area contributed by atoms with Crippen LogP contribution in [0.2, 0.25) is 0 Å². The van der Waals surface area contributed by atoms with Crippen molar-refractivity contribution >= 4 is 11.6 Å². The van der Waals surface area contributed by atoms with Crippen LogP contribution in [0.15, 0.2) is 22.7 Å². The normalized spacial score (nSPS) is 20.4. The largest absolute Gasteiger partial charge is 0.361 e. The molecule has 1 aliphatic heterocycles. The molecule has 1 aliphatic rings. The molecular weight excluding hydrogens is 314 g/mol. The summed E-state index contributed by atoms with van der Waals surface area (Å²) in [6, 6.07) is 5.97. The standard InChI is InChI=1S/C20H27N3O2/c1-5-7-8-15(6-2)20(21)16-11-14(9-10-17(16)22-19(20)24)18-12(3)23-25-13(18)4/h9-11,15H,5-8,21H2,1-4H3,(H,22,24). The molecule has 5 heteroatoms. The maximum absolute atomic E-state index is 12.8. The summed E-state index contributed by atoms with van der Waals surface area (Å²) in [4.78, 5) is 12.8. The highest BCUT2D eigenvalue weighted by Crippen LogP contribution is 2.44. The summed E-state index contributed by atoms with van der Waals surface area (Å²) in [7, 11) is 0. The molecule has 2 aromatic rings. The van der Waals surface area contributed by atoms with Crippen LogP contribution >= 0.6 is 0 Å². The summed E-state index contributed by atoms with van der Waals surface area (Å²) in [5, 5.41) is 7.02. The summed E-state index contributed by atoms with van der Waals surface area (Å²) in [6.45, 7) is 8.10. The second-order valence-corrected chi connectivity index (χ2v) is 7.03. The van der Waals surface area contributed by atoms with E-state index >= 15 is 0 Å². The van der Waals surface area contributed by atoms with E-state index in [9.17, 15) is 4.79 Å². The van der Waals surface area contributed by atoms with Gasteiger partial charge in [0.1, 0.15) is 11.3 Å². The van der Waals surface area contributed by atoms with Gasteiger partial charge in [0.2, 0.25) is 5.91 Å². The van der Waals surface area contributed by atoms with Crippen LogP contribution < -0.4 is 11.1 Å². The van der Waals surface area contributed by atoms with Gasteiger partial charge in [-0.1, -0.05) is 44.3 Å². The van der Waals surface area contributed by atoms with Crippen molar-refractivity contribution in [2.45, 2.75) is 58.9 Å². The smallest absolute Gasteiger partial charge is 0.249 e. The van der Waals surface area contributed by atoms with Crippen molar-refractivity contribution in [3.63, 3.8) is 0 Å². The predicted molar refractivity (Wildman–Crippen MR) is 99.2 cm³/mol. The Morgan fingerprint density at radius 3 is 2.68 bits per heavy atom. The lowest BCUT2D eigenvalue weighted by atomic mass is 9.75. The molecule has 2 heterocycles. The number of anilines is 1. The highest BCUT2D eigenvalue weighted by molar-refractivity contribution is 6.06. The fraction of sp³-hybridized carbons (Fsp3) is 0.500. The number of amides is 1. The van der Waals surface area contributed by atoms with Gasteiger partial charge in [-0.25, -0.2) is 0 Å². The molecule has 1 amide bonds. The molecule has 2 unspecified atom stereocenters. The minimum atomic E-state index is -0.978. The minimum absolute atomic E-state index is 0.0960. The van der Waals surface area contributed by atoms with Gasteiger partial charge < -0.3 is 15.6 Å². The highest BCUT2D eigenvalue weighted by Gasteiger charge is 2.48. The van der Waals surface area contributed by atoms with E-state index in [0.29, 0.717) is 0 Å². The number of nitrogens with two attached hydrogens (primary N) is 1.